The molecule has 0 N–H and O–H groups in total. The molecule has 0 spiro atoms. The van der Waals surface area contributed by atoms with Crippen LogP contribution in [0.3, 0.4) is 0 Å². The van der Waals surface area contributed by atoms with Gasteiger partial charge in [0.15, 0.2) is 5.75 Å². The van der Waals surface area contributed by atoms with Crippen LogP contribution in [0.1, 0.15) is 10.6 Å². The zero-order valence-electron chi connectivity index (χ0n) is 9.96. The van der Waals surface area contributed by atoms with Crippen molar-refractivity contribution in [1.82, 2.24) is 0 Å². The molecule has 0 aliphatic carbocycles. The Morgan fingerprint density at radius 1 is 1.45 bits per heavy atom. The maximum Gasteiger partial charge on any atom is 0.387 e. The number of carbonyl (C=O) groups excluding carboxylic acids is 1. The highest BCUT2D eigenvalue weighted by molar-refractivity contribution is 5.99. The van der Waals surface area contributed by atoms with Crippen LogP contribution in [0.25, 0.3) is 11.0 Å². The molecule has 0 bridgehead atoms. The third-order valence-electron chi connectivity index (χ3n) is 2.41. The summed E-state index contributed by atoms with van der Waals surface area (Å²) in [5.41, 5.74) is -0.361. The second-order valence-electron chi connectivity index (χ2n) is 3.57. The van der Waals surface area contributed by atoms with Gasteiger partial charge < -0.3 is 13.9 Å². The predicted octanol–water partition coefficient (Wildman–Crippen LogP) is 2.73. The van der Waals surface area contributed by atoms with Gasteiger partial charge in [0.25, 0.3) is 11.4 Å². The van der Waals surface area contributed by atoms with E-state index in [0.29, 0.717) is 0 Å². The molecule has 0 saturated heterocycles. The maximum atomic E-state index is 12.4. The zero-order valence-corrected chi connectivity index (χ0v) is 9.96. The quantitative estimate of drug-likeness (QED) is 0.487. The van der Waals surface area contributed by atoms with Crippen LogP contribution in [0.4, 0.5) is 14.5 Å². The lowest BCUT2D eigenvalue weighted by Crippen LogP contribution is -2.07. The molecule has 0 amide bonds. The molecule has 1 aromatic heterocycles. The Morgan fingerprint density at radius 3 is 2.70 bits per heavy atom. The Hall–Kier alpha value is -2.71. The van der Waals surface area contributed by atoms with Gasteiger partial charge in [-0.1, -0.05) is 0 Å². The number of hydrogen-bond donors (Lipinski definition) is 0. The van der Waals surface area contributed by atoms with Crippen LogP contribution in [0.2, 0.25) is 0 Å². The number of hydrogen-bond acceptors (Lipinski definition) is 6. The van der Waals surface area contributed by atoms with E-state index in [4.69, 9.17) is 4.42 Å². The molecule has 2 aromatic rings. The van der Waals surface area contributed by atoms with Gasteiger partial charge in [-0.05, 0) is 6.07 Å². The summed E-state index contributed by atoms with van der Waals surface area (Å²) in [5, 5.41) is 10.6. The van der Waals surface area contributed by atoms with Crippen LogP contribution in [0, 0.1) is 10.1 Å². The van der Waals surface area contributed by atoms with Gasteiger partial charge in [0.05, 0.1) is 17.4 Å². The highest BCUT2D eigenvalue weighted by Gasteiger charge is 2.26. The van der Waals surface area contributed by atoms with Gasteiger partial charge >= 0.3 is 12.6 Å². The molecule has 20 heavy (non-hydrogen) atoms. The van der Waals surface area contributed by atoms with Crippen molar-refractivity contribution in [3.05, 3.63) is 34.1 Å². The number of benzene rings is 1. The van der Waals surface area contributed by atoms with Crippen molar-refractivity contribution >= 4 is 22.6 Å². The summed E-state index contributed by atoms with van der Waals surface area (Å²) < 4.78 is 38.4. The number of carbonyl (C=O) groups is 1. The van der Waals surface area contributed by atoms with Crippen molar-refractivity contribution in [2.24, 2.45) is 0 Å². The number of fused-ring (bicyclic) bond motifs is 1. The highest BCUT2D eigenvalue weighted by atomic mass is 19.3. The van der Waals surface area contributed by atoms with Crippen molar-refractivity contribution in [3.8, 4) is 5.75 Å². The van der Waals surface area contributed by atoms with Crippen LogP contribution in [0.5, 0.6) is 5.75 Å². The van der Waals surface area contributed by atoms with Crippen LogP contribution in [-0.2, 0) is 4.74 Å². The van der Waals surface area contributed by atoms with Crippen molar-refractivity contribution < 1.29 is 32.4 Å². The summed E-state index contributed by atoms with van der Waals surface area (Å²) in [6.45, 7) is -3.22. The van der Waals surface area contributed by atoms with E-state index in [0.717, 1.165) is 19.2 Å². The predicted molar refractivity (Wildman–Crippen MR) is 60.8 cm³/mol. The number of nitro groups is 1. The van der Waals surface area contributed by atoms with E-state index in [1.807, 2.05) is 0 Å². The number of non-ortho nitro benzene ring substituents is 1. The molecule has 0 aliphatic heterocycles. The molecule has 0 fully saturated rings. The number of rotatable bonds is 4. The van der Waals surface area contributed by atoms with Crippen LogP contribution in [0.15, 0.2) is 22.6 Å². The van der Waals surface area contributed by atoms with E-state index in [1.165, 1.54) is 6.07 Å². The Bertz CT molecular complexity index is 681. The minimum atomic E-state index is -3.22. The average Bonchev–Trinajstić information content (AvgIpc) is 2.75. The smallest absolute Gasteiger partial charge is 0.387 e. The fraction of sp³-hybridized carbons (Fsp3) is 0.182. The van der Waals surface area contributed by atoms with Crippen LogP contribution < -0.4 is 4.74 Å². The fourth-order valence-corrected chi connectivity index (χ4v) is 1.61. The Labute approximate surface area is 109 Å². The van der Waals surface area contributed by atoms with Gasteiger partial charge in [-0.2, -0.15) is 8.78 Å². The van der Waals surface area contributed by atoms with E-state index >= 15 is 0 Å². The van der Waals surface area contributed by atoms with Gasteiger partial charge in [0.2, 0.25) is 0 Å². The minimum absolute atomic E-state index is 0.00773. The first kappa shape index (κ1) is 13.7. The molecule has 7 nitrogen and oxygen atoms in total. The second-order valence-corrected chi connectivity index (χ2v) is 3.57. The molecular formula is C11H7F2NO6. The largest absolute Gasteiger partial charge is 0.463 e. The molecule has 0 unspecified atom stereocenters. The summed E-state index contributed by atoms with van der Waals surface area (Å²) >= 11 is 0. The van der Waals surface area contributed by atoms with Gasteiger partial charge in [0, 0.05) is 12.1 Å². The Balaban J connectivity index is 2.67. The van der Waals surface area contributed by atoms with Gasteiger partial charge in [-0.15, -0.1) is 0 Å². The van der Waals surface area contributed by atoms with E-state index in [1.54, 1.807) is 0 Å². The van der Waals surface area contributed by atoms with Crippen molar-refractivity contribution in [2.45, 2.75) is 6.61 Å². The van der Waals surface area contributed by atoms with Crippen molar-refractivity contribution in [3.63, 3.8) is 0 Å². The van der Waals surface area contributed by atoms with Crippen molar-refractivity contribution in [1.29, 1.82) is 0 Å². The molecule has 1 heterocycles. The minimum Gasteiger partial charge on any atom is -0.463 e. The molecule has 106 valence electrons. The number of furan rings is 1. The fourth-order valence-electron chi connectivity index (χ4n) is 1.61. The summed E-state index contributed by atoms with van der Waals surface area (Å²) in [6.07, 6.45) is 0. The van der Waals surface area contributed by atoms with E-state index in [-0.39, 0.29) is 16.7 Å². The topological polar surface area (TPSA) is 91.8 Å². The van der Waals surface area contributed by atoms with E-state index in [9.17, 15) is 23.7 Å². The summed E-state index contributed by atoms with van der Waals surface area (Å²) in [6, 6.07) is 3.26. The number of nitrogens with zero attached hydrogens (tertiary/aromatic N) is 1. The lowest BCUT2D eigenvalue weighted by molar-refractivity contribution is -0.384. The zero-order chi connectivity index (χ0) is 14.9. The molecule has 0 atom stereocenters. The number of alkyl halides is 2. The van der Waals surface area contributed by atoms with Crippen LogP contribution in [-0.4, -0.2) is 24.6 Å². The number of ether oxygens (including phenoxy) is 2. The number of nitro benzene ring substituents is 1. The summed E-state index contributed by atoms with van der Waals surface area (Å²) in [4.78, 5) is 21.4. The lowest BCUT2D eigenvalue weighted by Gasteiger charge is -2.03. The van der Waals surface area contributed by atoms with Gasteiger partial charge in [-0.3, -0.25) is 10.1 Å². The second kappa shape index (κ2) is 5.11. The monoisotopic (exact) mass is 287 g/mol. The molecule has 0 aliphatic rings. The number of methoxy groups -OCH3 is 1. The van der Waals surface area contributed by atoms with Gasteiger partial charge in [-0.25, -0.2) is 4.79 Å². The Kier molecular flexibility index (Phi) is 3.51. The molecular weight excluding hydrogens is 280 g/mol. The standard InChI is InChI=1S/C11H7F2NO6/c1-18-10(15)9-8(20-11(12)13)6-4-5(14(16)17)2-3-7(6)19-9/h2-4,11H,1H3. The third-order valence-corrected chi connectivity index (χ3v) is 2.41. The average molecular weight is 287 g/mol. The first-order valence-electron chi connectivity index (χ1n) is 5.18. The summed E-state index contributed by atoms with van der Waals surface area (Å²) in [7, 11) is 1.03. The van der Waals surface area contributed by atoms with Crippen molar-refractivity contribution in [2.75, 3.05) is 7.11 Å². The first-order chi connectivity index (χ1) is 9.43. The van der Waals surface area contributed by atoms with Crippen LogP contribution >= 0.6 is 0 Å². The SMILES string of the molecule is COC(=O)c1oc2ccc([N+](=O)[O-])cc2c1OC(F)F. The first-order valence-corrected chi connectivity index (χ1v) is 5.18. The molecule has 2 rings (SSSR count). The molecule has 1 aromatic carbocycles. The molecule has 9 heteroatoms. The van der Waals surface area contributed by atoms with Gasteiger partial charge in [0.1, 0.15) is 5.58 Å². The summed E-state index contributed by atoms with van der Waals surface area (Å²) in [5.74, 6) is -2.20. The number of halogens is 2. The Morgan fingerprint density at radius 2 is 2.15 bits per heavy atom. The highest BCUT2D eigenvalue weighted by Crippen LogP contribution is 2.36. The molecule has 0 saturated carbocycles. The molecule has 0 radical (unpaired) electrons. The third kappa shape index (κ3) is 2.37. The number of esters is 1. The van der Waals surface area contributed by atoms with E-state index in [2.05, 4.69) is 9.47 Å². The normalized spacial score (nSPS) is 10.8. The lowest BCUT2D eigenvalue weighted by atomic mass is 10.2. The van der Waals surface area contributed by atoms with E-state index < -0.39 is 29.0 Å². The maximum absolute atomic E-state index is 12.4.